The summed E-state index contributed by atoms with van der Waals surface area (Å²) >= 11 is 0. The molecule has 0 spiro atoms. The number of aryl methyl sites for hydroxylation is 1. The molecule has 0 aliphatic carbocycles. The summed E-state index contributed by atoms with van der Waals surface area (Å²) in [6.07, 6.45) is 4.31. The molecule has 0 N–H and O–H groups in total. The second-order valence-electron chi connectivity index (χ2n) is 5.11. The van der Waals surface area contributed by atoms with Gasteiger partial charge in [-0.15, -0.1) is 0 Å². The number of piperidine rings is 1. The number of rotatable bonds is 2. The Kier molecular flexibility index (Phi) is 3.42. The molecule has 2 rings (SSSR count). The van der Waals surface area contributed by atoms with Gasteiger partial charge in [0.1, 0.15) is 12.1 Å². The van der Waals surface area contributed by atoms with E-state index in [1.807, 2.05) is 6.92 Å². The van der Waals surface area contributed by atoms with Gasteiger partial charge in [0.2, 0.25) is 0 Å². The van der Waals surface area contributed by atoms with Crippen LogP contribution in [0.2, 0.25) is 0 Å². The lowest BCUT2D eigenvalue weighted by Gasteiger charge is -2.35. The fourth-order valence-corrected chi connectivity index (χ4v) is 2.38. The molecule has 1 aliphatic rings. The number of anilines is 1. The van der Waals surface area contributed by atoms with Crippen molar-refractivity contribution in [3.05, 3.63) is 18.1 Å². The smallest absolute Gasteiger partial charge is 0.132 e. The fraction of sp³-hybridized carbons (Fsp3) is 0.692. The van der Waals surface area contributed by atoms with Crippen molar-refractivity contribution in [3.8, 4) is 0 Å². The van der Waals surface area contributed by atoms with Gasteiger partial charge in [-0.3, -0.25) is 0 Å². The Balaban J connectivity index is 2.09. The molecule has 1 aliphatic heterocycles. The Morgan fingerprint density at radius 3 is 2.88 bits per heavy atom. The highest BCUT2D eigenvalue weighted by Crippen LogP contribution is 2.26. The van der Waals surface area contributed by atoms with Crippen LogP contribution in [0.15, 0.2) is 12.4 Å². The molecular formula is C13H21N3. The minimum Gasteiger partial charge on any atom is -0.356 e. The topological polar surface area (TPSA) is 29.0 Å². The third-order valence-electron chi connectivity index (χ3n) is 3.51. The van der Waals surface area contributed by atoms with Gasteiger partial charge in [0.25, 0.3) is 0 Å². The molecule has 1 saturated heterocycles. The molecule has 16 heavy (non-hydrogen) atoms. The monoisotopic (exact) mass is 219 g/mol. The normalized spacial score (nSPS) is 21.5. The second kappa shape index (κ2) is 4.81. The third-order valence-corrected chi connectivity index (χ3v) is 3.51. The SMILES string of the molecule is Cc1cc(N2CCCC(C(C)C)C2)ncn1. The van der Waals surface area contributed by atoms with Crippen LogP contribution in [0.5, 0.6) is 0 Å². The van der Waals surface area contributed by atoms with Crippen molar-refractivity contribution in [1.29, 1.82) is 0 Å². The van der Waals surface area contributed by atoms with Crippen molar-refractivity contribution in [2.75, 3.05) is 18.0 Å². The molecule has 0 saturated carbocycles. The van der Waals surface area contributed by atoms with E-state index in [0.29, 0.717) is 0 Å². The van der Waals surface area contributed by atoms with Crippen molar-refractivity contribution in [2.45, 2.75) is 33.6 Å². The zero-order valence-electron chi connectivity index (χ0n) is 10.5. The molecule has 3 heteroatoms. The number of hydrogen-bond acceptors (Lipinski definition) is 3. The van der Waals surface area contributed by atoms with Gasteiger partial charge in [-0.05, 0) is 31.6 Å². The van der Waals surface area contributed by atoms with E-state index in [9.17, 15) is 0 Å². The molecule has 1 fully saturated rings. The molecule has 1 atom stereocenters. The van der Waals surface area contributed by atoms with Gasteiger partial charge >= 0.3 is 0 Å². The highest BCUT2D eigenvalue weighted by molar-refractivity contribution is 5.39. The Morgan fingerprint density at radius 2 is 2.19 bits per heavy atom. The molecule has 3 nitrogen and oxygen atoms in total. The molecule has 0 aromatic carbocycles. The zero-order chi connectivity index (χ0) is 11.5. The van der Waals surface area contributed by atoms with E-state index >= 15 is 0 Å². The summed E-state index contributed by atoms with van der Waals surface area (Å²) in [4.78, 5) is 10.9. The fourth-order valence-electron chi connectivity index (χ4n) is 2.38. The van der Waals surface area contributed by atoms with Crippen LogP contribution in [-0.4, -0.2) is 23.1 Å². The molecule has 0 amide bonds. The summed E-state index contributed by atoms with van der Waals surface area (Å²) < 4.78 is 0. The lowest BCUT2D eigenvalue weighted by Crippen LogP contribution is -2.37. The maximum absolute atomic E-state index is 4.37. The minimum atomic E-state index is 0.769. The quantitative estimate of drug-likeness (QED) is 0.765. The molecule has 2 heterocycles. The van der Waals surface area contributed by atoms with Gasteiger partial charge in [-0.1, -0.05) is 13.8 Å². The molecule has 0 radical (unpaired) electrons. The minimum absolute atomic E-state index is 0.769. The zero-order valence-corrected chi connectivity index (χ0v) is 10.5. The lowest BCUT2D eigenvalue weighted by atomic mass is 9.88. The van der Waals surface area contributed by atoms with E-state index in [4.69, 9.17) is 0 Å². The Labute approximate surface area is 97.9 Å². The summed E-state index contributed by atoms with van der Waals surface area (Å²) in [5, 5.41) is 0. The van der Waals surface area contributed by atoms with Gasteiger partial charge in [-0.2, -0.15) is 0 Å². The maximum atomic E-state index is 4.37. The van der Waals surface area contributed by atoms with Crippen molar-refractivity contribution in [2.24, 2.45) is 11.8 Å². The van der Waals surface area contributed by atoms with Crippen LogP contribution in [0.3, 0.4) is 0 Å². The van der Waals surface area contributed by atoms with E-state index < -0.39 is 0 Å². The van der Waals surface area contributed by atoms with E-state index in [1.54, 1.807) is 6.33 Å². The average Bonchev–Trinajstić information content (AvgIpc) is 2.29. The van der Waals surface area contributed by atoms with Crippen LogP contribution in [-0.2, 0) is 0 Å². The molecular weight excluding hydrogens is 198 g/mol. The van der Waals surface area contributed by atoms with Crippen LogP contribution in [0.1, 0.15) is 32.4 Å². The first kappa shape index (κ1) is 11.4. The van der Waals surface area contributed by atoms with Gasteiger partial charge in [0.15, 0.2) is 0 Å². The van der Waals surface area contributed by atoms with Gasteiger partial charge in [0.05, 0.1) is 0 Å². The highest BCUT2D eigenvalue weighted by Gasteiger charge is 2.23. The lowest BCUT2D eigenvalue weighted by molar-refractivity contribution is 0.321. The molecule has 88 valence electrons. The summed E-state index contributed by atoms with van der Waals surface area (Å²) in [5.41, 5.74) is 1.05. The van der Waals surface area contributed by atoms with Crippen molar-refractivity contribution in [1.82, 2.24) is 9.97 Å². The summed E-state index contributed by atoms with van der Waals surface area (Å²) in [6, 6.07) is 2.09. The van der Waals surface area contributed by atoms with Crippen LogP contribution in [0.4, 0.5) is 5.82 Å². The van der Waals surface area contributed by atoms with Crippen LogP contribution in [0, 0.1) is 18.8 Å². The largest absolute Gasteiger partial charge is 0.356 e. The van der Waals surface area contributed by atoms with Crippen molar-refractivity contribution < 1.29 is 0 Å². The Bertz CT molecular complexity index is 349. The molecule has 1 aromatic heterocycles. The first-order valence-corrected chi connectivity index (χ1v) is 6.20. The first-order chi connectivity index (χ1) is 7.66. The maximum Gasteiger partial charge on any atom is 0.132 e. The summed E-state index contributed by atoms with van der Waals surface area (Å²) in [5.74, 6) is 2.67. The van der Waals surface area contributed by atoms with E-state index in [2.05, 4.69) is 34.8 Å². The van der Waals surface area contributed by atoms with E-state index in [-0.39, 0.29) is 0 Å². The molecule has 1 aromatic rings. The number of hydrogen-bond donors (Lipinski definition) is 0. The number of nitrogens with zero attached hydrogens (tertiary/aromatic N) is 3. The predicted molar refractivity (Wildman–Crippen MR) is 66.5 cm³/mol. The summed E-state index contributed by atoms with van der Waals surface area (Å²) in [6.45, 7) is 8.95. The predicted octanol–water partition coefficient (Wildman–Crippen LogP) is 2.66. The summed E-state index contributed by atoms with van der Waals surface area (Å²) in [7, 11) is 0. The Morgan fingerprint density at radius 1 is 1.38 bits per heavy atom. The van der Waals surface area contributed by atoms with Gasteiger partial charge in [-0.25, -0.2) is 9.97 Å². The number of aromatic nitrogens is 2. The standard InChI is InChI=1S/C13H21N3/c1-10(2)12-5-4-6-16(8-12)13-7-11(3)14-9-15-13/h7,9-10,12H,4-6,8H2,1-3H3. The van der Waals surface area contributed by atoms with Gasteiger partial charge in [0, 0.05) is 24.8 Å². The van der Waals surface area contributed by atoms with Gasteiger partial charge < -0.3 is 4.90 Å². The average molecular weight is 219 g/mol. The van der Waals surface area contributed by atoms with Crippen molar-refractivity contribution >= 4 is 5.82 Å². The molecule has 0 bridgehead atoms. The van der Waals surface area contributed by atoms with Crippen molar-refractivity contribution in [3.63, 3.8) is 0 Å². The van der Waals surface area contributed by atoms with Crippen LogP contribution >= 0.6 is 0 Å². The van der Waals surface area contributed by atoms with E-state index in [1.165, 1.54) is 12.8 Å². The van der Waals surface area contributed by atoms with E-state index in [0.717, 1.165) is 36.4 Å². The highest BCUT2D eigenvalue weighted by atomic mass is 15.2. The molecule has 1 unspecified atom stereocenters. The first-order valence-electron chi connectivity index (χ1n) is 6.20. The van der Waals surface area contributed by atoms with Crippen LogP contribution < -0.4 is 4.90 Å². The van der Waals surface area contributed by atoms with Crippen LogP contribution in [0.25, 0.3) is 0 Å². The third kappa shape index (κ3) is 2.52. The Hall–Kier alpha value is -1.12. The second-order valence-corrected chi connectivity index (χ2v) is 5.11.